The van der Waals surface area contributed by atoms with Gasteiger partial charge in [-0.2, -0.15) is 0 Å². The van der Waals surface area contributed by atoms with E-state index in [0.29, 0.717) is 12.8 Å². The molecule has 2 atom stereocenters. The fourth-order valence-corrected chi connectivity index (χ4v) is 5.92. The van der Waals surface area contributed by atoms with Gasteiger partial charge in [-0.15, -0.1) is 0 Å². The Morgan fingerprint density at radius 2 is 1.00 bits per heavy atom. The summed E-state index contributed by atoms with van der Waals surface area (Å²) in [6.45, 7) is 3.51. The van der Waals surface area contributed by atoms with E-state index in [4.69, 9.17) is 24.3 Å². The molecule has 1 unspecified atom stereocenters. The van der Waals surface area contributed by atoms with Crippen LogP contribution in [0.3, 0.4) is 0 Å². The van der Waals surface area contributed by atoms with Crippen LogP contribution in [-0.2, 0) is 32.7 Å². The highest BCUT2D eigenvalue weighted by Gasteiger charge is 2.25. The molecule has 0 aliphatic rings. The van der Waals surface area contributed by atoms with Crippen molar-refractivity contribution in [2.75, 3.05) is 26.4 Å². The van der Waals surface area contributed by atoms with Crippen molar-refractivity contribution >= 4 is 19.8 Å². The molecule has 314 valence electrons. The zero-order chi connectivity index (χ0) is 40.3. The molecule has 0 saturated heterocycles. The molecule has 0 heterocycles. The number of hydrogen-bond donors (Lipinski definition) is 2. The Hall–Kier alpha value is -2.81. The predicted molar refractivity (Wildman–Crippen MR) is 229 cm³/mol. The first kappa shape index (κ1) is 52.2. The van der Waals surface area contributed by atoms with E-state index in [9.17, 15) is 19.0 Å². The van der Waals surface area contributed by atoms with Gasteiger partial charge < -0.3 is 20.1 Å². The van der Waals surface area contributed by atoms with Crippen LogP contribution in [0.1, 0.15) is 155 Å². The van der Waals surface area contributed by atoms with Crippen LogP contribution in [0.4, 0.5) is 0 Å². The average Bonchev–Trinajstić information content (AvgIpc) is 3.17. The van der Waals surface area contributed by atoms with Gasteiger partial charge in [0.2, 0.25) is 0 Å². The Kier molecular flexibility index (Phi) is 38.8. The summed E-state index contributed by atoms with van der Waals surface area (Å²) >= 11 is 0. The molecule has 55 heavy (non-hydrogen) atoms. The molecule has 0 spiro atoms. The summed E-state index contributed by atoms with van der Waals surface area (Å²) in [5.41, 5.74) is 5.34. The summed E-state index contributed by atoms with van der Waals surface area (Å²) in [4.78, 5) is 34.8. The minimum atomic E-state index is -4.39. The lowest BCUT2D eigenvalue weighted by Gasteiger charge is -2.19. The average molecular weight is 790 g/mol. The maximum absolute atomic E-state index is 12.6. The van der Waals surface area contributed by atoms with Crippen molar-refractivity contribution in [2.45, 2.75) is 161 Å². The van der Waals surface area contributed by atoms with E-state index in [1.807, 2.05) is 0 Å². The molecule has 0 aromatic carbocycles. The smallest absolute Gasteiger partial charge is 0.462 e. The van der Waals surface area contributed by atoms with E-state index in [-0.39, 0.29) is 32.6 Å². The Morgan fingerprint density at radius 3 is 1.51 bits per heavy atom. The van der Waals surface area contributed by atoms with E-state index in [1.165, 1.54) is 25.7 Å². The van der Waals surface area contributed by atoms with Crippen molar-refractivity contribution in [1.82, 2.24) is 0 Å². The number of rotatable bonds is 38. The van der Waals surface area contributed by atoms with E-state index in [2.05, 4.69) is 98.9 Å². The van der Waals surface area contributed by atoms with Crippen LogP contribution < -0.4 is 5.73 Å². The fourth-order valence-electron chi connectivity index (χ4n) is 5.16. The lowest BCUT2D eigenvalue weighted by atomic mass is 10.1. The molecule has 3 N–H and O–H groups in total. The number of phosphoric ester groups is 1. The lowest BCUT2D eigenvalue weighted by Crippen LogP contribution is -2.29. The molecule has 0 radical (unpaired) electrons. The number of esters is 2. The molecule has 0 aliphatic carbocycles. The van der Waals surface area contributed by atoms with Crippen LogP contribution in [0.2, 0.25) is 0 Å². The molecule has 0 bridgehead atoms. The number of phosphoric acid groups is 1. The van der Waals surface area contributed by atoms with Crippen molar-refractivity contribution in [1.29, 1.82) is 0 Å². The summed E-state index contributed by atoms with van der Waals surface area (Å²) < 4.78 is 32.7. The van der Waals surface area contributed by atoms with Gasteiger partial charge in [0.05, 0.1) is 13.2 Å². The number of nitrogens with two attached hydrogens (primary N) is 1. The standard InChI is InChI=1S/C45H76NO8P/c1-3-5-7-9-11-13-15-17-19-20-21-22-24-25-27-29-31-33-35-37-44(47)51-41-43(42-53-55(49,50)52-40-39-46)54-45(48)38-36-34-32-30-28-26-23-18-16-14-12-10-8-6-4-2/h5,7,11-14,17-19,21-23,25,27,43H,3-4,6,8-10,15-16,20,24,26,28-42,46H2,1-2H3,(H,49,50)/b7-5+,13-11+,14-12+,19-17+,22-21+,23-18+,27-25+/t43-/m1/s1. The molecular formula is C45H76NO8P. The first-order valence-electron chi connectivity index (χ1n) is 21.1. The molecule has 9 nitrogen and oxygen atoms in total. The number of unbranched alkanes of at least 4 members (excludes halogenated alkanes) is 11. The topological polar surface area (TPSA) is 134 Å². The van der Waals surface area contributed by atoms with Crippen LogP contribution >= 0.6 is 7.82 Å². The minimum absolute atomic E-state index is 0.0415. The molecule has 0 amide bonds. The van der Waals surface area contributed by atoms with Crippen molar-refractivity contribution < 1.29 is 37.6 Å². The molecular weight excluding hydrogens is 713 g/mol. The number of carbonyl (C=O) groups is 2. The van der Waals surface area contributed by atoms with E-state index < -0.39 is 32.5 Å². The Bertz CT molecular complexity index is 1170. The highest BCUT2D eigenvalue weighted by atomic mass is 31.2. The maximum Gasteiger partial charge on any atom is 0.472 e. The first-order chi connectivity index (χ1) is 26.8. The van der Waals surface area contributed by atoms with Gasteiger partial charge in [-0.3, -0.25) is 18.6 Å². The molecule has 0 fully saturated rings. The lowest BCUT2D eigenvalue weighted by molar-refractivity contribution is -0.161. The highest BCUT2D eigenvalue weighted by Crippen LogP contribution is 2.43. The Morgan fingerprint density at radius 1 is 0.564 bits per heavy atom. The van der Waals surface area contributed by atoms with Crippen LogP contribution in [0.5, 0.6) is 0 Å². The minimum Gasteiger partial charge on any atom is -0.462 e. The molecule has 0 saturated carbocycles. The molecule has 0 aromatic rings. The second-order valence-electron chi connectivity index (χ2n) is 13.5. The second-order valence-corrected chi connectivity index (χ2v) is 14.9. The van der Waals surface area contributed by atoms with Gasteiger partial charge in [-0.25, -0.2) is 4.57 Å². The molecule has 0 aliphatic heterocycles. The molecule has 10 heteroatoms. The monoisotopic (exact) mass is 790 g/mol. The molecule has 0 rings (SSSR count). The quantitative estimate of drug-likeness (QED) is 0.0271. The third-order valence-corrected chi connectivity index (χ3v) is 9.25. The maximum atomic E-state index is 12.6. The van der Waals surface area contributed by atoms with Crippen LogP contribution in [-0.4, -0.2) is 49.3 Å². The van der Waals surface area contributed by atoms with Gasteiger partial charge in [0.25, 0.3) is 0 Å². The SMILES string of the molecule is CC/C=C/C/C=C/C/C=C/C/C=C/C/C=C/CCCCCC(=O)OC[C@H](COP(=O)(O)OCCN)OC(=O)CCCCCCC/C=C/C/C=C/CCCCC. The fraction of sp³-hybridized carbons (Fsp3) is 0.644. The van der Waals surface area contributed by atoms with Crippen molar-refractivity contribution in [3.8, 4) is 0 Å². The normalized spacial score (nSPS) is 14.2. The van der Waals surface area contributed by atoms with E-state index in [1.54, 1.807) is 0 Å². The third-order valence-electron chi connectivity index (χ3n) is 8.27. The summed E-state index contributed by atoms with van der Waals surface area (Å²) in [7, 11) is -4.39. The van der Waals surface area contributed by atoms with Gasteiger partial charge in [0.15, 0.2) is 6.10 Å². The number of allylic oxidation sites excluding steroid dienone is 14. The van der Waals surface area contributed by atoms with Crippen molar-refractivity contribution in [3.63, 3.8) is 0 Å². The summed E-state index contributed by atoms with van der Waals surface area (Å²) in [5.74, 6) is -0.891. The molecule has 0 aromatic heterocycles. The largest absolute Gasteiger partial charge is 0.472 e. The van der Waals surface area contributed by atoms with Gasteiger partial charge in [0, 0.05) is 19.4 Å². The number of ether oxygens (including phenoxy) is 2. The van der Waals surface area contributed by atoms with Gasteiger partial charge >= 0.3 is 19.8 Å². The third kappa shape index (κ3) is 40.7. The Labute approximate surface area is 334 Å². The van der Waals surface area contributed by atoms with Crippen LogP contribution in [0.15, 0.2) is 85.1 Å². The van der Waals surface area contributed by atoms with Gasteiger partial charge in [-0.05, 0) is 89.9 Å². The number of carbonyl (C=O) groups excluding carboxylic acids is 2. The van der Waals surface area contributed by atoms with Crippen LogP contribution in [0.25, 0.3) is 0 Å². The summed E-state index contributed by atoms with van der Waals surface area (Å²) in [6, 6.07) is 0. The number of hydrogen-bond acceptors (Lipinski definition) is 8. The van der Waals surface area contributed by atoms with Crippen molar-refractivity contribution in [2.24, 2.45) is 5.73 Å². The summed E-state index contributed by atoms with van der Waals surface area (Å²) in [6.07, 6.45) is 50.4. The highest BCUT2D eigenvalue weighted by molar-refractivity contribution is 7.47. The Balaban J connectivity index is 4.28. The zero-order valence-corrected chi connectivity index (χ0v) is 35.3. The van der Waals surface area contributed by atoms with Crippen LogP contribution in [0, 0.1) is 0 Å². The first-order valence-corrected chi connectivity index (χ1v) is 22.6. The predicted octanol–water partition coefficient (Wildman–Crippen LogP) is 12.0. The zero-order valence-electron chi connectivity index (χ0n) is 34.4. The van der Waals surface area contributed by atoms with Gasteiger partial charge in [-0.1, -0.05) is 137 Å². The van der Waals surface area contributed by atoms with E-state index >= 15 is 0 Å². The van der Waals surface area contributed by atoms with Gasteiger partial charge in [0.1, 0.15) is 6.61 Å². The second kappa shape index (κ2) is 40.8. The van der Waals surface area contributed by atoms with Crippen molar-refractivity contribution in [3.05, 3.63) is 85.1 Å². The van der Waals surface area contributed by atoms with E-state index in [0.717, 1.165) is 89.9 Å². The summed E-state index contributed by atoms with van der Waals surface area (Å²) in [5, 5.41) is 0.